The average molecular weight is 362 g/mol. The van der Waals surface area contributed by atoms with Crippen molar-refractivity contribution in [3.63, 3.8) is 0 Å². The van der Waals surface area contributed by atoms with Crippen LogP contribution in [-0.4, -0.2) is 40.3 Å². The number of fused-ring (bicyclic) bond motifs is 1. The zero-order valence-corrected chi connectivity index (χ0v) is 15.7. The van der Waals surface area contributed by atoms with Gasteiger partial charge in [-0.25, -0.2) is 9.67 Å². The van der Waals surface area contributed by atoms with Gasteiger partial charge < -0.3 is 10.6 Å². The number of hydrogen-bond donors (Lipinski definition) is 2. The van der Waals surface area contributed by atoms with Crippen molar-refractivity contribution in [3.05, 3.63) is 23.5 Å². The van der Waals surface area contributed by atoms with Crippen LogP contribution in [0.15, 0.2) is 12.3 Å². The zero-order valence-electron chi connectivity index (χ0n) is 14.1. The number of nitrogens with zero attached hydrogens (tertiary/aromatic N) is 3. The molecule has 130 valence electrons. The number of amides is 1. The minimum absolute atomic E-state index is 0. The summed E-state index contributed by atoms with van der Waals surface area (Å²) in [6.45, 7) is 8.57. The van der Waals surface area contributed by atoms with E-state index in [1.807, 2.05) is 31.6 Å². The first-order valence-corrected chi connectivity index (χ1v) is 7.24. The van der Waals surface area contributed by atoms with E-state index in [2.05, 4.69) is 34.6 Å². The van der Waals surface area contributed by atoms with E-state index in [1.54, 1.807) is 6.20 Å². The third-order valence-electron chi connectivity index (χ3n) is 3.56. The molecule has 2 aromatic heterocycles. The van der Waals surface area contributed by atoms with E-state index in [9.17, 15) is 4.79 Å². The molecule has 0 spiro atoms. The van der Waals surface area contributed by atoms with Crippen LogP contribution < -0.4 is 10.6 Å². The van der Waals surface area contributed by atoms with Gasteiger partial charge in [-0.15, -0.1) is 24.8 Å². The second kappa shape index (κ2) is 9.05. The summed E-state index contributed by atoms with van der Waals surface area (Å²) in [7, 11) is 1.87. The summed E-state index contributed by atoms with van der Waals surface area (Å²) in [6, 6.07) is 2.34. The van der Waals surface area contributed by atoms with Crippen molar-refractivity contribution in [2.24, 2.45) is 0 Å². The summed E-state index contributed by atoms with van der Waals surface area (Å²) in [5, 5.41) is 11.2. The maximum atomic E-state index is 12.3. The molecule has 23 heavy (non-hydrogen) atoms. The van der Waals surface area contributed by atoms with Gasteiger partial charge in [-0.3, -0.25) is 4.79 Å². The maximum Gasteiger partial charge on any atom is 0.253 e. The smallest absolute Gasteiger partial charge is 0.253 e. The van der Waals surface area contributed by atoms with E-state index in [4.69, 9.17) is 0 Å². The molecule has 6 nitrogen and oxygen atoms in total. The van der Waals surface area contributed by atoms with E-state index < -0.39 is 0 Å². The fourth-order valence-electron chi connectivity index (χ4n) is 2.12. The summed E-state index contributed by atoms with van der Waals surface area (Å²) in [5.74, 6) is -0.0960. The van der Waals surface area contributed by atoms with Crippen molar-refractivity contribution in [1.29, 1.82) is 0 Å². The van der Waals surface area contributed by atoms with Crippen LogP contribution in [0.25, 0.3) is 11.0 Å². The Morgan fingerprint density at radius 3 is 2.52 bits per heavy atom. The number of aromatic nitrogens is 3. The molecule has 0 aromatic carbocycles. The molecule has 1 amide bonds. The molecule has 0 aliphatic rings. The lowest BCUT2D eigenvalue weighted by Gasteiger charge is -2.13. The molecule has 2 N–H and O–H groups in total. The predicted octanol–water partition coefficient (Wildman–Crippen LogP) is 2.50. The standard InChI is InChI=1S/C15H23N5O.2ClH/c1-9(2)20-14-12(8-18-20)6-13(11(4)19-14)15(21)17-7-10(3)16-5;;/h6,8-10,16H,7H2,1-5H3,(H,17,21);2*1H. The molecular formula is C15H25Cl2N5O. The van der Waals surface area contributed by atoms with Crippen molar-refractivity contribution < 1.29 is 4.79 Å². The van der Waals surface area contributed by atoms with Gasteiger partial charge in [0.05, 0.1) is 17.5 Å². The molecule has 0 saturated carbocycles. The molecule has 0 saturated heterocycles. The molecule has 1 unspecified atom stereocenters. The Labute approximate surface area is 149 Å². The molecular weight excluding hydrogens is 337 g/mol. The van der Waals surface area contributed by atoms with Gasteiger partial charge in [-0.1, -0.05) is 0 Å². The fourth-order valence-corrected chi connectivity index (χ4v) is 2.12. The lowest BCUT2D eigenvalue weighted by Crippen LogP contribution is -2.37. The van der Waals surface area contributed by atoms with Crippen molar-refractivity contribution in [2.45, 2.75) is 39.8 Å². The lowest BCUT2D eigenvalue weighted by molar-refractivity contribution is 0.0949. The Hall–Kier alpha value is -1.37. The molecule has 2 rings (SSSR count). The van der Waals surface area contributed by atoms with Crippen LogP contribution >= 0.6 is 24.8 Å². The third kappa shape index (κ3) is 4.80. The van der Waals surface area contributed by atoms with Gasteiger partial charge >= 0.3 is 0 Å². The Kier molecular flexibility index (Phi) is 8.52. The van der Waals surface area contributed by atoms with Crippen LogP contribution in [0.2, 0.25) is 0 Å². The number of aryl methyl sites for hydroxylation is 1. The van der Waals surface area contributed by atoms with E-state index in [1.165, 1.54) is 0 Å². The molecule has 0 bridgehead atoms. The van der Waals surface area contributed by atoms with E-state index in [0.717, 1.165) is 16.7 Å². The minimum atomic E-state index is -0.0960. The van der Waals surface area contributed by atoms with E-state index in [-0.39, 0.29) is 42.8 Å². The van der Waals surface area contributed by atoms with E-state index >= 15 is 0 Å². The second-order valence-electron chi connectivity index (χ2n) is 5.62. The Bertz CT molecular complexity index is 657. The Morgan fingerprint density at radius 2 is 1.96 bits per heavy atom. The molecule has 0 aliphatic heterocycles. The molecule has 8 heteroatoms. The highest BCUT2D eigenvalue weighted by Crippen LogP contribution is 2.19. The van der Waals surface area contributed by atoms with Gasteiger partial charge in [0.25, 0.3) is 5.91 Å². The molecule has 0 fully saturated rings. The maximum absolute atomic E-state index is 12.3. The summed E-state index contributed by atoms with van der Waals surface area (Å²) in [6.07, 6.45) is 1.76. The van der Waals surface area contributed by atoms with Crippen LogP contribution in [0.5, 0.6) is 0 Å². The van der Waals surface area contributed by atoms with Crippen LogP contribution in [-0.2, 0) is 0 Å². The van der Waals surface area contributed by atoms with E-state index in [0.29, 0.717) is 12.1 Å². The van der Waals surface area contributed by atoms with Gasteiger partial charge in [0.2, 0.25) is 0 Å². The SMILES string of the molecule is CNC(C)CNC(=O)c1cc2cnn(C(C)C)c2nc1C.Cl.Cl. The van der Waals surface area contributed by atoms with Gasteiger partial charge in [-0.2, -0.15) is 5.10 Å². The molecule has 2 heterocycles. The number of hydrogen-bond acceptors (Lipinski definition) is 4. The van der Waals surface area contributed by atoms with Gasteiger partial charge in [-0.05, 0) is 40.8 Å². The first kappa shape index (κ1) is 21.6. The summed E-state index contributed by atoms with van der Waals surface area (Å²) in [5.41, 5.74) is 2.15. The van der Waals surface area contributed by atoms with Crippen LogP contribution in [0.3, 0.4) is 0 Å². The predicted molar refractivity (Wildman–Crippen MR) is 98.0 cm³/mol. The number of carbonyl (C=O) groups is 1. The second-order valence-corrected chi connectivity index (χ2v) is 5.62. The Balaban J connectivity index is 0.00000242. The van der Waals surface area contributed by atoms with Crippen molar-refractivity contribution in [3.8, 4) is 0 Å². The van der Waals surface area contributed by atoms with Crippen molar-refractivity contribution in [1.82, 2.24) is 25.4 Å². The van der Waals surface area contributed by atoms with Gasteiger partial charge in [0.1, 0.15) is 0 Å². The first-order chi connectivity index (χ1) is 9.93. The highest BCUT2D eigenvalue weighted by atomic mass is 35.5. The summed E-state index contributed by atoms with van der Waals surface area (Å²) in [4.78, 5) is 16.8. The lowest BCUT2D eigenvalue weighted by atomic mass is 10.1. The van der Waals surface area contributed by atoms with Crippen LogP contribution in [0, 0.1) is 6.92 Å². The molecule has 0 aliphatic carbocycles. The normalized spacial score (nSPS) is 11.7. The third-order valence-corrected chi connectivity index (χ3v) is 3.56. The number of nitrogens with one attached hydrogen (secondary N) is 2. The molecule has 1 atom stereocenters. The monoisotopic (exact) mass is 361 g/mol. The number of rotatable bonds is 5. The minimum Gasteiger partial charge on any atom is -0.350 e. The largest absolute Gasteiger partial charge is 0.350 e. The Morgan fingerprint density at radius 1 is 1.30 bits per heavy atom. The first-order valence-electron chi connectivity index (χ1n) is 7.24. The van der Waals surface area contributed by atoms with Crippen LogP contribution in [0.4, 0.5) is 0 Å². The molecule has 0 radical (unpaired) electrons. The average Bonchev–Trinajstić information content (AvgIpc) is 2.86. The number of pyridine rings is 1. The summed E-state index contributed by atoms with van der Waals surface area (Å²) >= 11 is 0. The molecule has 2 aromatic rings. The quantitative estimate of drug-likeness (QED) is 0.857. The highest BCUT2D eigenvalue weighted by molar-refractivity contribution is 5.98. The van der Waals surface area contributed by atoms with Gasteiger partial charge in [0, 0.05) is 24.0 Å². The number of likely N-dealkylation sites (N-methyl/N-ethyl adjacent to an activating group) is 1. The summed E-state index contributed by atoms with van der Waals surface area (Å²) < 4.78 is 1.87. The zero-order chi connectivity index (χ0) is 15.6. The number of carbonyl (C=O) groups excluding carboxylic acids is 1. The number of halogens is 2. The van der Waals surface area contributed by atoms with Gasteiger partial charge in [0.15, 0.2) is 5.65 Å². The topological polar surface area (TPSA) is 71.8 Å². The van der Waals surface area contributed by atoms with Crippen molar-refractivity contribution >= 4 is 41.8 Å². The highest BCUT2D eigenvalue weighted by Gasteiger charge is 2.15. The van der Waals surface area contributed by atoms with Crippen molar-refractivity contribution in [2.75, 3.05) is 13.6 Å². The fraction of sp³-hybridized carbons (Fsp3) is 0.533. The van der Waals surface area contributed by atoms with Crippen LogP contribution in [0.1, 0.15) is 42.9 Å².